The SMILES string of the molecule is Cc1c(C(=O)NCCNS(=O)(=O)c2cccc(Cl)c2)nnn1-c1cccc([N+](=O)[O-])c1. The third-order valence-corrected chi connectivity index (χ3v) is 5.90. The summed E-state index contributed by atoms with van der Waals surface area (Å²) in [4.78, 5) is 22.8. The van der Waals surface area contributed by atoms with Crippen LogP contribution < -0.4 is 10.0 Å². The topological polar surface area (TPSA) is 149 Å². The van der Waals surface area contributed by atoms with E-state index in [9.17, 15) is 23.3 Å². The molecule has 13 heteroatoms. The molecule has 0 radical (unpaired) electrons. The number of hydrogen-bond acceptors (Lipinski definition) is 7. The van der Waals surface area contributed by atoms with E-state index in [0.29, 0.717) is 16.4 Å². The zero-order valence-electron chi connectivity index (χ0n) is 16.1. The maximum absolute atomic E-state index is 12.4. The van der Waals surface area contributed by atoms with E-state index in [4.69, 9.17) is 11.6 Å². The van der Waals surface area contributed by atoms with Crippen LogP contribution >= 0.6 is 11.6 Å². The maximum atomic E-state index is 12.4. The van der Waals surface area contributed by atoms with Gasteiger partial charge < -0.3 is 5.32 Å². The van der Waals surface area contributed by atoms with E-state index < -0.39 is 20.9 Å². The van der Waals surface area contributed by atoms with Gasteiger partial charge in [0.2, 0.25) is 10.0 Å². The molecule has 2 aromatic carbocycles. The highest BCUT2D eigenvalue weighted by Gasteiger charge is 2.19. The summed E-state index contributed by atoms with van der Waals surface area (Å²) in [5.41, 5.74) is 0.652. The summed E-state index contributed by atoms with van der Waals surface area (Å²) in [6.45, 7) is 1.54. The fourth-order valence-electron chi connectivity index (χ4n) is 2.69. The fraction of sp³-hybridized carbons (Fsp3) is 0.167. The number of sulfonamides is 1. The van der Waals surface area contributed by atoms with Crippen LogP contribution in [0.25, 0.3) is 5.69 Å². The van der Waals surface area contributed by atoms with E-state index in [1.165, 1.54) is 41.1 Å². The standard InChI is InChI=1S/C18H17ClN6O5S/c1-12-17(22-23-24(12)14-5-3-6-15(11-14)25(27)28)18(26)20-8-9-21-31(29,30)16-7-2-4-13(19)10-16/h2-7,10-11,21H,8-9H2,1H3,(H,20,26). The van der Waals surface area contributed by atoms with E-state index in [0.717, 1.165) is 0 Å². The number of halogens is 1. The molecule has 162 valence electrons. The highest BCUT2D eigenvalue weighted by molar-refractivity contribution is 7.89. The van der Waals surface area contributed by atoms with Crippen molar-refractivity contribution in [1.82, 2.24) is 25.0 Å². The Bertz CT molecular complexity index is 1240. The summed E-state index contributed by atoms with van der Waals surface area (Å²) in [6.07, 6.45) is 0. The van der Waals surface area contributed by atoms with Crippen molar-refractivity contribution in [1.29, 1.82) is 0 Å². The van der Waals surface area contributed by atoms with Crippen LogP contribution in [0.15, 0.2) is 53.4 Å². The lowest BCUT2D eigenvalue weighted by molar-refractivity contribution is -0.384. The van der Waals surface area contributed by atoms with Crippen LogP contribution in [0.4, 0.5) is 5.69 Å². The number of nitrogens with one attached hydrogen (secondary N) is 2. The van der Waals surface area contributed by atoms with Gasteiger partial charge in [-0.2, -0.15) is 0 Å². The molecule has 3 aromatic rings. The molecule has 0 unspecified atom stereocenters. The highest BCUT2D eigenvalue weighted by Crippen LogP contribution is 2.18. The van der Waals surface area contributed by atoms with Gasteiger partial charge >= 0.3 is 0 Å². The van der Waals surface area contributed by atoms with Crippen molar-refractivity contribution in [2.24, 2.45) is 0 Å². The molecule has 11 nitrogen and oxygen atoms in total. The van der Waals surface area contributed by atoms with E-state index in [-0.39, 0.29) is 29.4 Å². The van der Waals surface area contributed by atoms with Gasteiger partial charge in [-0.15, -0.1) is 5.10 Å². The number of carbonyl (C=O) groups excluding carboxylic acids is 1. The second kappa shape index (κ2) is 9.20. The molecule has 0 aliphatic carbocycles. The van der Waals surface area contributed by atoms with Crippen molar-refractivity contribution in [3.05, 3.63) is 75.1 Å². The summed E-state index contributed by atoms with van der Waals surface area (Å²) in [5.74, 6) is -0.559. The molecular formula is C18H17ClN6O5S. The lowest BCUT2D eigenvalue weighted by Gasteiger charge is -2.08. The summed E-state index contributed by atoms with van der Waals surface area (Å²) in [5, 5.41) is 21.5. The first kappa shape index (κ1) is 22.3. The molecular weight excluding hydrogens is 448 g/mol. The second-order valence-corrected chi connectivity index (χ2v) is 8.53. The Morgan fingerprint density at radius 1 is 1.19 bits per heavy atom. The predicted molar refractivity (Wildman–Crippen MR) is 112 cm³/mol. The van der Waals surface area contributed by atoms with Crippen molar-refractivity contribution < 1.29 is 18.1 Å². The van der Waals surface area contributed by atoms with Gasteiger partial charge in [0.15, 0.2) is 5.69 Å². The van der Waals surface area contributed by atoms with Gasteiger partial charge in [0.1, 0.15) is 0 Å². The van der Waals surface area contributed by atoms with E-state index >= 15 is 0 Å². The smallest absolute Gasteiger partial charge is 0.273 e. The molecule has 1 amide bonds. The van der Waals surface area contributed by atoms with Crippen molar-refractivity contribution in [3.8, 4) is 5.69 Å². The lowest BCUT2D eigenvalue weighted by atomic mass is 10.2. The third-order valence-electron chi connectivity index (χ3n) is 4.20. The third kappa shape index (κ3) is 5.23. The Morgan fingerprint density at radius 3 is 2.65 bits per heavy atom. The molecule has 0 saturated heterocycles. The molecule has 0 saturated carbocycles. The zero-order valence-corrected chi connectivity index (χ0v) is 17.7. The fourth-order valence-corrected chi connectivity index (χ4v) is 4.02. The maximum Gasteiger partial charge on any atom is 0.273 e. The average Bonchev–Trinajstić information content (AvgIpc) is 3.12. The molecule has 0 atom stereocenters. The monoisotopic (exact) mass is 464 g/mol. The molecule has 31 heavy (non-hydrogen) atoms. The van der Waals surface area contributed by atoms with Crippen LogP contribution in [0.5, 0.6) is 0 Å². The van der Waals surface area contributed by atoms with Gasteiger partial charge in [-0.05, 0) is 31.2 Å². The minimum atomic E-state index is -3.77. The quantitative estimate of drug-likeness (QED) is 0.293. The normalized spacial score (nSPS) is 11.3. The number of carbonyl (C=O) groups is 1. The highest BCUT2D eigenvalue weighted by atomic mass is 35.5. The number of nitro groups is 1. The van der Waals surface area contributed by atoms with Crippen molar-refractivity contribution in [2.75, 3.05) is 13.1 Å². The molecule has 2 N–H and O–H groups in total. The summed E-state index contributed by atoms with van der Waals surface area (Å²) >= 11 is 5.81. The molecule has 0 aliphatic rings. The number of non-ortho nitro benzene ring substituents is 1. The van der Waals surface area contributed by atoms with Gasteiger partial charge in [0.05, 0.1) is 21.2 Å². The number of nitrogens with zero attached hydrogens (tertiary/aromatic N) is 4. The molecule has 1 aromatic heterocycles. The number of nitro benzene ring substituents is 1. The number of hydrogen-bond donors (Lipinski definition) is 2. The van der Waals surface area contributed by atoms with Crippen LogP contribution in [-0.2, 0) is 10.0 Å². The number of aromatic nitrogens is 3. The van der Waals surface area contributed by atoms with Crippen LogP contribution in [0, 0.1) is 17.0 Å². The number of benzene rings is 2. The molecule has 3 rings (SSSR count). The number of amides is 1. The largest absolute Gasteiger partial charge is 0.349 e. The van der Waals surface area contributed by atoms with Crippen LogP contribution in [-0.4, -0.2) is 47.3 Å². The summed E-state index contributed by atoms with van der Waals surface area (Å²) in [6, 6.07) is 11.6. The molecule has 1 heterocycles. The van der Waals surface area contributed by atoms with Crippen LogP contribution in [0.1, 0.15) is 16.2 Å². The van der Waals surface area contributed by atoms with Gasteiger partial charge in [0, 0.05) is 30.2 Å². The zero-order chi connectivity index (χ0) is 22.6. The predicted octanol–water partition coefficient (Wildman–Crippen LogP) is 1.85. The Balaban J connectivity index is 1.62. The minimum Gasteiger partial charge on any atom is -0.349 e. The summed E-state index contributed by atoms with van der Waals surface area (Å²) in [7, 11) is -3.77. The van der Waals surface area contributed by atoms with Crippen molar-refractivity contribution in [3.63, 3.8) is 0 Å². The Labute approximate surface area is 182 Å². The average molecular weight is 465 g/mol. The molecule has 0 bridgehead atoms. The van der Waals surface area contributed by atoms with Crippen molar-refractivity contribution >= 4 is 33.2 Å². The number of rotatable bonds is 8. The first-order chi connectivity index (χ1) is 14.7. The summed E-state index contributed by atoms with van der Waals surface area (Å²) < 4.78 is 28.1. The molecule has 0 spiro atoms. The molecule has 0 aliphatic heterocycles. The first-order valence-electron chi connectivity index (χ1n) is 8.89. The van der Waals surface area contributed by atoms with Gasteiger partial charge in [0.25, 0.3) is 11.6 Å². The van der Waals surface area contributed by atoms with Crippen LogP contribution in [0.2, 0.25) is 5.02 Å². The van der Waals surface area contributed by atoms with Gasteiger partial charge in [-0.25, -0.2) is 17.8 Å². The van der Waals surface area contributed by atoms with E-state index in [1.54, 1.807) is 19.1 Å². The van der Waals surface area contributed by atoms with Crippen LogP contribution in [0.3, 0.4) is 0 Å². The minimum absolute atomic E-state index is 0.00172. The molecule has 0 fully saturated rings. The van der Waals surface area contributed by atoms with Gasteiger partial charge in [-0.3, -0.25) is 14.9 Å². The Hall–Kier alpha value is -3.35. The van der Waals surface area contributed by atoms with Crippen molar-refractivity contribution in [2.45, 2.75) is 11.8 Å². The van der Waals surface area contributed by atoms with Gasteiger partial charge in [-0.1, -0.05) is 28.9 Å². The lowest BCUT2D eigenvalue weighted by Crippen LogP contribution is -2.35. The second-order valence-electron chi connectivity index (χ2n) is 6.32. The Morgan fingerprint density at radius 2 is 1.94 bits per heavy atom. The Kier molecular flexibility index (Phi) is 6.63. The first-order valence-corrected chi connectivity index (χ1v) is 10.8. The van der Waals surface area contributed by atoms with E-state index in [2.05, 4.69) is 20.4 Å². The van der Waals surface area contributed by atoms with E-state index in [1.807, 2.05) is 0 Å².